The monoisotopic (exact) mass is 489 g/mol. The summed E-state index contributed by atoms with van der Waals surface area (Å²) in [6, 6.07) is 0. The van der Waals surface area contributed by atoms with Crippen LogP contribution in [0.1, 0.15) is 0 Å². The van der Waals surface area contributed by atoms with Gasteiger partial charge in [0.2, 0.25) is 0 Å². The fourth-order valence-electron chi connectivity index (χ4n) is 0. The van der Waals surface area contributed by atoms with Crippen LogP contribution in [-0.4, -0.2) is 30.9 Å². The van der Waals surface area contributed by atoms with Gasteiger partial charge in [-0.05, 0) is 7.05 Å². The average Bonchev–Trinajstić information content (AvgIpc) is 1.75. The molecule has 6 heteroatoms. The van der Waals surface area contributed by atoms with E-state index in [0.29, 0.717) is 0 Å². The predicted octanol–water partition coefficient (Wildman–Crippen LogP) is 0.478. The zero-order valence-corrected chi connectivity index (χ0v) is 12.1. The first-order chi connectivity index (χ1) is 3.83. The second kappa shape index (κ2) is 38.6. The number of nitrogens with one attached hydrogen (secondary N) is 1. The molecule has 0 aromatic heterocycles. The first-order valence-corrected chi connectivity index (χ1v) is 20.9. The first kappa shape index (κ1) is 16.3. The van der Waals surface area contributed by atoms with Crippen LogP contribution in [0.25, 0.3) is 0 Å². The van der Waals surface area contributed by atoms with Gasteiger partial charge in [0.25, 0.3) is 0 Å². The van der Waals surface area contributed by atoms with Crippen molar-refractivity contribution in [2.45, 2.75) is 0 Å². The van der Waals surface area contributed by atoms with Crippen molar-refractivity contribution in [1.29, 1.82) is 5.41 Å². The van der Waals surface area contributed by atoms with Crippen molar-refractivity contribution in [3.8, 4) is 0 Å². The molecule has 0 heterocycles. The number of hydrogen-bond acceptors (Lipinski definition) is 2. The second-order valence-electron chi connectivity index (χ2n) is 0.238. The molecule has 0 aliphatic heterocycles. The van der Waals surface area contributed by atoms with E-state index in [1.54, 1.807) is 0 Å². The van der Waals surface area contributed by atoms with Crippen LogP contribution in [0.2, 0.25) is 0 Å². The zero-order valence-electron chi connectivity index (χ0n) is 4.49. The van der Waals surface area contributed by atoms with Crippen LogP contribution in [0.4, 0.5) is 0 Å². The van der Waals surface area contributed by atoms with E-state index in [9.17, 15) is 0 Å². The Balaban J connectivity index is -0.0000000483. The van der Waals surface area contributed by atoms with Crippen LogP contribution in [0.15, 0.2) is 0 Å². The molecule has 0 aromatic rings. The number of rotatable bonds is 0. The Kier molecular flexibility index (Phi) is 78.5. The molecule has 0 aliphatic carbocycles. The number of halogens is 2. The van der Waals surface area contributed by atoms with Crippen molar-refractivity contribution >= 4 is 53.6 Å². The van der Waals surface area contributed by atoms with Gasteiger partial charge in [-0.1, -0.05) is 0 Å². The first-order valence-electron chi connectivity index (χ1n) is 1.58. The van der Waals surface area contributed by atoms with Gasteiger partial charge in [0, 0.05) is 0 Å². The summed E-state index contributed by atoms with van der Waals surface area (Å²) in [6.07, 6.45) is 0.750. The Hall–Kier alpha value is 1.56. The summed E-state index contributed by atoms with van der Waals surface area (Å²) in [5.74, 6) is 0. The zero-order chi connectivity index (χ0) is 7.41. The van der Waals surface area contributed by atoms with E-state index >= 15 is 0 Å². The van der Waals surface area contributed by atoms with Crippen molar-refractivity contribution in [1.82, 2.24) is 0 Å². The molecular weight excluding hydrogens is 480 g/mol. The van der Waals surface area contributed by atoms with Crippen LogP contribution in [-0.2, 0) is 0 Å². The molecular formula is C2H9BrIN3Pb. The van der Waals surface area contributed by atoms with Gasteiger partial charge in [0.15, 0.2) is 0 Å². The van der Waals surface area contributed by atoms with Crippen molar-refractivity contribution in [2.75, 3.05) is 7.05 Å². The van der Waals surface area contributed by atoms with Gasteiger partial charge in [-0.3, -0.25) is 5.41 Å². The normalized spacial score (nSPS) is 4.50. The van der Waals surface area contributed by atoms with Gasteiger partial charge in [-0.15, -0.1) is 0 Å². The van der Waals surface area contributed by atoms with Crippen molar-refractivity contribution in [2.24, 2.45) is 11.5 Å². The van der Waals surface area contributed by atoms with Gasteiger partial charge < -0.3 is 11.5 Å². The minimum atomic E-state index is -0.134. The molecule has 5 N–H and O–H groups in total. The van der Waals surface area contributed by atoms with E-state index < -0.39 is 0 Å². The number of hydrogen-bond donors (Lipinski definition) is 3. The van der Waals surface area contributed by atoms with E-state index in [1.807, 2.05) is 0 Å². The molecule has 8 heavy (non-hydrogen) atoms. The maximum atomic E-state index is 5.86. The standard InChI is InChI=1S/CH4N2.CH5N.BrH.HI.Pb/c2-1-3;1-2;;;/h1H,(H3,2,3);2H2,1H3;2*1H;/q;;;;+2/p-2. The summed E-state index contributed by atoms with van der Waals surface area (Å²) in [6.45, 7) is 0. The van der Waals surface area contributed by atoms with Crippen molar-refractivity contribution in [3.63, 3.8) is 0 Å². The molecule has 0 spiro atoms. The van der Waals surface area contributed by atoms with E-state index in [0.717, 1.165) is 6.34 Å². The maximum absolute atomic E-state index is 5.86. The molecule has 0 unspecified atom stereocenters. The fourth-order valence-corrected chi connectivity index (χ4v) is 0. The molecule has 3 nitrogen and oxygen atoms in total. The van der Waals surface area contributed by atoms with Gasteiger partial charge in [-0.2, -0.15) is 0 Å². The summed E-state index contributed by atoms with van der Waals surface area (Å²) in [4.78, 5) is 0. The Morgan fingerprint density at radius 1 is 1.75 bits per heavy atom. The molecule has 0 rings (SSSR count). The van der Waals surface area contributed by atoms with E-state index in [1.165, 1.54) is 7.05 Å². The van der Waals surface area contributed by atoms with E-state index in [2.05, 4.69) is 41.2 Å². The minimum absolute atomic E-state index is 0.134. The summed E-state index contributed by atoms with van der Waals surface area (Å²) >= 11 is 5.59. The topological polar surface area (TPSA) is 75.9 Å². The van der Waals surface area contributed by atoms with Crippen LogP contribution in [0.5, 0.6) is 0 Å². The van der Waals surface area contributed by atoms with Gasteiger partial charge in [0.05, 0.1) is 6.34 Å². The molecule has 0 aliphatic rings. The Morgan fingerprint density at radius 2 is 1.75 bits per heavy atom. The Labute approximate surface area is 76.4 Å². The molecule has 50 valence electrons. The Morgan fingerprint density at radius 3 is 1.75 bits per heavy atom. The molecule has 0 saturated carbocycles. The predicted molar refractivity (Wildman–Crippen MR) is 51.8 cm³/mol. The fraction of sp³-hybridized carbons (Fsp3) is 0.500. The molecule has 2 radical (unpaired) electrons. The van der Waals surface area contributed by atoms with E-state index in [4.69, 9.17) is 5.41 Å². The Bertz CT molecular complexity index is 31.2. The number of nitrogens with two attached hydrogens (primary N) is 2. The molecule has 0 aromatic carbocycles. The van der Waals surface area contributed by atoms with Crippen LogP contribution in [0, 0.1) is 5.41 Å². The molecule has 0 bridgehead atoms. The molecule has 0 atom stereocenters. The van der Waals surface area contributed by atoms with E-state index in [-0.39, 0.29) is 17.5 Å². The quantitative estimate of drug-likeness (QED) is 0.201. The SMILES string of the molecule is CN.N=CN.[Br][Pb][I]. The second-order valence-corrected chi connectivity index (χ2v) is 22.0. The molecule has 0 saturated heterocycles. The van der Waals surface area contributed by atoms with Crippen molar-refractivity contribution in [3.05, 3.63) is 0 Å². The molecule has 0 fully saturated rings. The van der Waals surface area contributed by atoms with Crippen LogP contribution in [0.3, 0.4) is 0 Å². The van der Waals surface area contributed by atoms with Crippen LogP contribution >= 0.6 is 29.7 Å². The van der Waals surface area contributed by atoms with Crippen LogP contribution < -0.4 is 11.5 Å². The van der Waals surface area contributed by atoms with Gasteiger partial charge >= 0.3 is 47.3 Å². The third-order valence-corrected chi connectivity index (χ3v) is 0. The summed E-state index contributed by atoms with van der Waals surface area (Å²) < 4.78 is 0. The average molecular weight is 489 g/mol. The summed E-state index contributed by atoms with van der Waals surface area (Å²) in [5.41, 5.74) is 8.89. The third-order valence-electron chi connectivity index (χ3n) is 0. The molecule has 0 amide bonds. The van der Waals surface area contributed by atoms with Gasteiger partial charge in [-0.25, -0.2) is 0 Å². The summed E-state index contributed by atoms with van der Waals surface area (Å²) in [5, 5.41) is 5.86. The third kappa shape index (κ3) is 133. The summed E-state index contributed by atoms with van der Waals surface area (Å²) in [7, 11) is 1.50. The van der Waals surface area contributed by atoms with Crippen molar-refractivity contribution < 1.29 is 0 Å². The van der Waals surface area contributed by atoms with Gasteiger partial charge in [0.1, 0.15) is 0 Å².